The fraction of sp³-hybridized carbons (Fsp3) is 0.263. The third-order valence-corrected chi connectivity index (χ3v) is 5.12. The first-order valence-corrected chi connectivity index (χ1v) is 8.67. The number of nitrogens with one attached hydrogen (secondary N) is 1. The Hall–Kier alpha value is -2.14. The molecular formula is C19H19BrN2O2. The van der Waals surface area contributed by atoms with Gasteiger partial charge in [-0.15, -0.1) is 0 Å². The van der Waals surface area contributed by atoms with Gasteiger partial charge < -0.3 is 10.2 Å². The minimum Gasteiger partial charge on any atom is -0.326 e. The smallest absolute Gasteiger partial charge is 0.229 e. The lowest BCUT2D eigenvalue weighted by Crippen LogP contribution is -2.28. The van der Waals surface area contributed by atoms with E-state index >= 15 is 0 Å². The lowest BCUT2D eigenvalue weighted by molar-refractivity contribution is -0.122. The zero-order valence-corrected chi connectivity index (χ0v) is 15.3. The largest absolute Gasteiger partial charge is 0.326 e. The highest BCUT2D eigenvalue weighted by atomic mass is 79.9. The van der Waals surface area contributed by atoms with E-state index in [2.05, 4.69) is 21.2 Å². The van der Waals surface area contributed by atoms with Crippen molar-refractivity contribution in [2.24, 2.45) is 5.92 Å². The van der Waals surface area contributed by atoms with Crippen LogP contribution in [0.15, 0.2) is 46.9 Å². The van der Waals surface area contributed by atoms with E-state index in [1.165, 1.54) is 0 Å². The molecule has 0 saturated carbocycles. The van der Waals surface area contributed by atoms with Gasteiger partial charge in [-0.3, -0.25) is 9.59 Å². The maximum absolute atomic E-state index is 12.5. The summed E-state index contributed by atoms with van der Waals surface area (Å²) in [6.07, 6.45) is 0.245. The van der Waals surface area contributed by atoms with Crippen LogP contribution in [0.1, 0.15) is 17.5 Å². The van der Waals surface area contributed by atoms with Crippen molar-refractivity contribution < 1.29 is 9.59 Å². The van der Waals surface area contributed by atoms with Crippen LogP contribution in [-0.4, -0.2) is 18.4 Å². The summed E-state index contributed by atoms with van der Waals surface area (Å²) in [5, 5.41) is 2.92. The molecule has 5 heteroatoms. The second-order valence-electron chi connectivity index (χ2n) is 6.20. The van der Waals surface area contributed by atoms with Crippen LogP contribution in [0.25, 0.3) is 0 Å². The van der Waals surface area contributed by atoms with Crippen molar-refractivity contribution in [2.45, 2.75) is 20.3 Å². The van der Waals surface area contributed by atoms with E-state index in [0.717, 1.165) is 27.0 Å². The standard InChI is InChI=1S/C19H19BrN2O2/c1-12-4-3-5-16(8-12)22-11-14(10-18(22)23)19(24)21-15-6-7-17(20)13(2)9-15/h3-9,14H,10-11H2,1-2H3,(H,21,24). The van der Waals surface area contributed by atoms with Crippen molar-refractivity contribution in [1.29, 1.82) is 0 Å². The molecular weight excluding hydrogens is 368 g/mol. The molecule has 3 rings (SSSR count). The van der Waals surface area contributed by atoms with Gasteiger partial charge in [0.05, 0.1) is 5.92 Å². The number of benzene rings is 2. The highest BCUT2D eigenvalue weighted by molar-refractivity contribution is 9.10. The zero-order valence-electron chi connectivity index (χ0n) is 13.7. The van der Waals surface area contributed by atoms with Crippen molar-refractivity contribution >= 4 is 39.1 Å². The van der Waals surface area contributed by atoms with Crippen molar-refractivity contribution in [3.8, 4) is 0 Å². The van der Waals surface area contributed by atoms with Crippen LogP contribution in [-0.2, 0) is 9.59 Å². The Kier molecular flexibility index (Phi) is 4.71. The average Bonchev–Trinajstić information content (AvgIpc) is 2.93. The van der Waals surface area contributed by atoms with Crippen LogP contribution in [0.2, 0.25) is 0 Å². The first kappa shape index (κ1) is 16.7. The SMILES string of the molecule is Cc1cccc(N2CC(C(=O)Nc3ccc(Br)c(C)c3)CC2=O)c1. The van der Waals surface area contributed by atoms with E-state index in [4.69, 9.17) is 0 Å². The van der Waals surface area contributed by atoms with Gasteiger partial charge in [0.15, 0.2) is 0 Å². The van der Waals surface area contributed by atoms with Gasteiger partial charge in [0.2, 0.25) is 11.8 Å². The van der Waals surface area contributed by atoms with Gasteiger partial charge in [-0.1, -0.05) is 28.1 Å². The predicted molar refractivity (Wildman–Crippen MR) is 99.1 cm³/mol. The van der Waals surface area contributed by atoms with E-state index < -0.39 is 0 Å². The molecule has 1 N–H and O–H groups in total. The summed E-state index contributed by atoms with van der Waals surface area (Å²) >= 11 is 3.45. The summed E-state index contributed by atoms with van der Waals surface area (Å²) in [4.78, 5) is 26.5. The quantitative estimate of drug-likeness (QED) is 0.864. The third kappa shape index (κ3) is 3.51. The van der Waals surface area contributed by atoms with Crippen molar-refractivity contribution in [3.05, 3.63) is 58.1 Å². The number of amides is 2. The minimum atomic E-state index is -0.332. The Morgan fingerprint density at radius 2 is 2.00 bits per heavy atom. The number of rotatable bonds is 3. The number of aryl methyl sites for hydroxylation is 2. The molecule has 1 fully saturated rings. The summed E-state index contributed by atoms with van der Waals surface area (Å²) in [7, 11) is 0. The molecule has 0 aliphatic carbocycles. The number of nitrogens with zero attached hydrogens (tertiary/aromatic N) is 1. The lowest BCUT2D eigenvalue weighted by atomic mass is 10.1. The number of carbonyl (C=O) groups excluding carboxylic acids is 2. The summed E-state index contributed by atoms with van der Waals surface area (Å²) in [6.45, 7) is 4.38. The second kappa shape index (κ2) is 6.77. The number of hydrogen-bond acceptors (Lipinski definition) is 2. The highest BCUT2D eigenvalue weighted by Gasteiger charge is 2.35. The summed E-state index contributed by atoms with van der Waals surface area (Å²) in [6, 6.07) is 13.5. The fourth-order valence-corrected chi connectivity index (χ4v) is 3.14. The van der Waals surface area contributed by atoms with Crippen LogP contribution in [0.4, 0.5) is 11.4 Å². The molecule has 2 amide bonds. The summed E-state index contributed by atoms with van der Waals surface area (Å²) in [5.74, 6) is -0.449. The second-order valence-corrected chi connectivity index (χ2v) is 7.05. The molecule has 0 bridgehead atoms. The van der Waals surface area contributed by atoms with Gasteiger partial charge in [-0.2, -0.15) is 0 Å². The monoisotopic (exact) mass is 386 g/mol. The van der Waals surface area contributed by atoms with Gasteiger partial charge >= 0.3 is 0 Å². The molecule has 2 aromatic carbocycles. The number of anilines is 2. The molecule has 1 saturated heterocycles. The Morgan fingerprint density at radius 3 is 2.71 bits per heavy atom. The van der Waals surface area contributed by atoms with E-state index in [-0.39, 0.29) is 24.2 Å². The summed E-state index contributed by atoms with van der Waals surface area (Å²) < 4.78 is 1.00. The molecule has 0 radical (unpaired) electrons. The lowest BCUT2D eigenvalue weighted by Gasteiger charge is -2.17. The Bertz CT molecular complexity index is 804. The van der Waals surface area contributed by atoms with E-state index in [1.54, 1.807) is 4.90 Å². The fourth-order valence-electron chi connectivity index (χ4n) is 2.90. The van der Waals surface area contributed by atoms with Gasteiger partial charge in [0.1, 0.15) is 0 Å². The first-order chi connectivity index (χ1) is 11.4. The molecule has 124 valence electrons. The molecule has 2 aromatic rings. The van der Waals surface area contributed by atoms with Crippen molar-refractivity contribution in [3.63, 3.8) is 0 Å². The molecule has 1 heterocycles. The normalized spacial score (nSPS) is 17.2. The van der Waals surface area contributed by atoms with Gasteiger partial charge in [0, 0.05) is 28.8 Å². The molecule has 1 aliphatic heterocycles. The molecule has 1 aliphatic rings. The maximum atomic E-state index is 12.5. The van der Waals surface area contributed by atoms with Crippen LogP contribution in [0.3, 0.4) is 0 Å². The Labute approximate surface area is 150 Å². The van der Waals surface area contributed by atoms with Gasteiger partial charge in [-0.25, -0.2) is 0 Å². The van der Waals surface area contributed by atoms with Gasteiger partial charge in [0.25, 0.3) is 0 Å². The Morgan fingerprint density at radius 1 is 1.21 bits per heavy atom. The molecule has 0 spiro atoms. The topological polar surface area (TPSA) is 49.4 Å². The van der Waals surface area contributed by atoms with Crippen LogP contribution < -0.4 is 10.2 Å². The number of halogens is 1. The van der Waals surface area contributed by atoms with E-state index in [1.807, 2.05) is 56.3 Å². The van der Waals surface area contributed by atoms with E-state index in [0.29, 0.717) is 6.54 Å². The molecule has 24 heavy (non-hydrogen) atoms. The van der Waals surface area contributed by atoms with Crippen LogP contribution in [0, 0.1) is 19.8 Å². The molecule has 1 unspecified atom stereocenters. The van der Waals surface area contributed by atoms with Gasteiger partial charge in [-0.05, 0) is 55.3 Å². The van der Waals surface area contributed by atoms with Crippen LogP contribution in [0.5, 0.6) is 0 Å². The highest BCUT2D eigenvalue weighted by Crippen LogP contribution is 2.27. The Balaban J connectivity index is 1.70. The number of carbonyl (C=O) groups is 2. The third-order valence-electron chi connectivity index (χ3n) is 4.23. The zero-order chi connectivity index (χ0) is 17.3. The summed E-state index contributed by atoms with van der Waals surface area (Å²) in [5.41, 5.74) is 3.76. The molecule has 1 atom stereocenters. The van der Waals surface area contributed by atoms with Crippen molar-refractivity contribution in [1.82, 2.24) is 0 Å². The van der Waals surface area contributed by atoms with Crippen LogP contribution >= 0.6 is 15.9 Å². The average molecular weight is 387 g/mol. The minimum absolute atomic E-state index is 0.00673. The first-order valence-electron chi connectivity index (χ1n) is 7.88. The van der Waals surface area contributed by atoms with Crippen molar-refractivity contribution in [2.75, 3.05) is 16.8 Å². The number of hydrogen-bond donors (Lipinski definition) is 1. The maximum Gasteiger partial charge on any atom is 0.229 e. The predicted octanol–water partition coefficient (Wildman–Crippen LogP) is 4.06. The molecule has 4 nitrogen and oxygen atoms in total. The molecule has 0 aromatic heterocycles. The van der Waals surface area contributed by atoms with E-state index in [9.17, 15) is 9.59 Å².